The molecule has 1 aromatic rings. The zero-order valence-electron chi connectivity index (χ0n) is 13.1. The molecule has 0 saturated heterocycles. The van der Waals surface area contributed by atoms with Crippen LogP contribution < -0.4 is 10.4 Å². The highest BCUT2D eigenvalue weighted by Gasteiger charge is 2.38. The number of hydrogen-bond donors (Lipinski definition) is 0. The number of rotatable bonds is 2. The molecule has 4 atom stereocenters. The predicted molar refractivity (Wildman–Crippen MR) is 82.8 cm³/mol. The molecule has 0 bridgehead atoms. The molecular formula is C18H24O3. The van der Waals surface area contributed by atoms with Crippen LogP contribution in [0.5, 0.6) is 5.75 Å². The summed E-state index contributed by atoms with van der Waals surface area (Å²) < 4.78 is 11.0. The van der Waals surface area contributed by atoms with E-state index in [0.717, 1.165) is 5.76 Å². The summed E-state index contributed by atoms with van der Waals surface area (Å²) in [6.45, 7) is 3.97. The molecule has 1 fully saturated rings. The van der Waals surface area contributed by atoms with E-state index in [1.165, 1.54) is 25.7 Å². The van der Waals surface area contributed by atoms with Gasteiger partial charge in [-0.05, 0) is 37.5 Å². The first-order chi connectivity index (χ1) is 10.1. The van der Waals surface area contributed by atoms with Crippen molar-refractivity contribution >= 4 is 0 Å². The lowest BCUT2D eigenvalue weighted by atomic mass is 9.64. The summed E-state index contributed by atoms with van der Waals surface area (Å²) in [7, 11) is 1.61. The van der Waals surface area contributed by atoms with Crippen molar-refractivity contribution in [3.8, 4) is 5.75 Å². The van der Waals surface area contributed by atoms with E-state index < -0.39 is 0 Å². The second-order valence-corrected chi connectivity index (χ2v) is 6.51. The molecular weight excluding hydrogens is 264 g/mol. The third-order valence-electron chi connectivity index (χ3n) is 5.27. The van der Waals surface area contributed by atoms with Crippen LogP contribution >= 0.6 is 0 Å². The number of ether oxygens (including phenoxy) is 1. The van der Waals surface area contributed by atoms with Crippen LogP contribution in [0, 0.1) is 24.7 Å². The molecule has 0 radical (unpaired) electrons. The minimum atomic E-state index is -0.265. The molecule has 0 aliphatic heterocycles. The maximum atomic E-state index is 12.1. The van der Waals surface area contributed by atoms with Gasteiger partial charge in [-0.2, -0.15) is 0 Å². The second kappa shape index (κ2) is 5.70. The summed E-state index contributed by atoms with van der Waals surface area (Å²) >= 11 is 0. The maximum Gasteiger partial charge on any atom is 0.342 e. The molecule has 2 aliphatic rings. The Balaban J connectivity index is 2.03. The average molecular weight is 288 g/mol. The third kappa shape index (κ3) is 2.54. The SMILES string of the molecule is COc1cc([C@@H]2C(C)C=CC3CCCC[C@H]32)oc(=O)c1C. The Morgan fingerprint density at radius 3 is 2.76 bits per heavy atom. The van der Waals surface area contributed by atoms with Crippen molar-refractivity contribution in [2.75, 3.05) is 7.11 Å². The van der Waals surface area contributed by atoms with E-state index >= 15 is 0 Å². The minimum absolute atomic E-state index is 0.265. The molecule has 1 heterocycles. The Bertz CT molecular complexity index is 599. The first-order valence-corrected chi connectivity index (χ1v) is 7.98. The molecule has 0 spiro atoms. The molecule has 0 amide bonds. The second-order valence-electron chi connectivity index (χ2n) is 6.51. The number of allylic oxidation sites excluding steroid dienone is 2. The minimum Gasteiger partial charge on any atom is -0.496 e. The summed E-state index contributed by atoms with van der Waals surface area (Å²) in [4.78, 5) is 12.1. The first-order valence-electron chi connectivity index (χ1n) is 7.98. The molecule has 2 aliphatic carbocycles. The van der Waals surface area contributed by atoms with Gasteiger partial charge in [0.1, 0.15) is 11.5 Å². The average Bonchev–Trinajstić information content (AvgIpc) is 2.50. The number of methoxy groups -OCH3 is 1. The highest BCUT2D eigenvalue weighted by atomic mass is 16.5. The highest BCUT2D eigenvalue weighted by Crippen LogP contribution is 2.48. The van der Waals surface area contributed by atoms with Crippen LogP contribution in [-0.2, 0) is 0 Å². The van der Waals surface area contributed by atoms with Crippen LogP contribution in [0.15, 0.2) is 27.4 Å². The summed E-state index contributed by atoms with van der Waals surface area (Å²) in [5.41, 5.74) is 0.291. The lowest BCUT2D eigenvalue weighted by Crippen LogP contribution is -2.31. The quantitative estimate of drug-likeness (QED) is 0.771. The van der Waals surface area contributed by atoms with Crippen molar-refractivity contribution in [2.24, 2.45) is 17.8 Å². The molecule has 1 saturated carbocycles. The van der Waals surface area contributed by atoms with Gasteiger partial charge in [0.25, 0.3) is 0 Å². The summed E-state index contributed by atoms with van der Waals surface area (Å²) in [5.74, 6) is 3.38. The third-order valence-corrected chi connectivity index (χ3v) is 5.27. The largest absolute Gasteiger partial charge is 0.496 e. The number of hydrogen-bond acceptors (Lipinski definition) is 3. The Hall–Kier alpha value is -1.51. The highest BCUT2D eigenvalue weighted by molar-refractivity contribution is 5.32. The number of fused-ring (bicyclic) bond motifs is 1. The van der Waals surface area contributed by atoms with Crippen LogP contribution in [0.25, 0.3) is 0 Å². The summed E-state index contributed by atoms with van der Waals surface area (Å²) in [5, 5.41) is 0. The van der Waals surface area contributed by atoms with E-state index in [1.807, 2.05) is 6.07 Å². The molecule has 3 rings (SSSR count). The van der Waals surface area contributed by atoms with Gasteiger partial charge in [-0.1, -0.05) is 31.9 Å². The fourth-order valence-electron chi connectivity index (χ4n) is 4.10. The Kier molecular flexibility index (Phi) is 3.92. The van der Waals surface area contributed by atoms with Crippen molar-refractivity contribution in [1.29, 1.82) is 0 Å². The molecule has 2 unspecified atom stereocenters. The van der Waals surface area contributed by atoms with Gasteiger partial charge >= 0.3 is 5.63 Å². The molecule has 3 heteroatoms. The van der Waals surface area contributed by atoms with Gasteiger partial charge in [0.05, 0.1) is 12.7 Å². The van der Waals surface area contributed by atoms with Crippen molar-refractivity contribution in [3.63, 3.8) is 0 Å². The summed E-state index contributed by atoms with van der Waals surface area (Å²) in [6.07, 6.45) is 9.76. The van der Waals surface area contributed by atoms with Crippen LogP contribution in [0.4, 0.5) is 0 Å². The van der Waals surface area contributed by atoms with E-state index in [1.54, 1.807) is 14.0 Å². The molecule has 0 N–H and O–H groups in total. The smallest absolute Gasteiger partial charge is 0.342 e. The first kappa shape index (κ1) is 14.4. The fourth-order valence-corrected chi connectivity index (χ4v) is 4.10. The van der Waals surface area contributed by atoms with Crippen LogP contribution in [-0.4, -0.2) is 7.11 Å². The summed E-state index contributed by atoms with van der Waals surface area (Å²) in [6, 6.07) is 1.93. The van der Waals surface area contributed by atoms with Crippen LogP contribution in [0.1, 0.15) is 49.8 Å². The standard InChI is InChI=1S/C18H24O3/c1-11-8-9-13-6-4-5-7-14(13)17(11)16-10-15(20-3)12(2)18(19)21-16/h8-11,13-14,17H,4-7H2,1-3H3/t11?,13?,14-,17-/m1/s1. The zero-order valence-corrected chi connectivity index (χ0v) is 13.1. The van der Waals surface area contributed by atoms with Gasteiger partial charge in [0, 0.05) is 12.0 Å². The molecule has 0 aromatic carbocycles. The molecule has 21 heavy (non-hydrogen) atoms. The van der Waals surface area contributed by atoms with Gasteiger partial charge in [-0.3, -0.25) is 0 Å². The van der Waals surface area contributed by atoms with E-state index in [-0.39, 0.29) is 5.63 Å². The topological polar surface area (TPSA) is 39.4 Å². The monoisotopic (exact) mass is 288 g/mol. The zero-order chi connectivity index (χ0) is 15.0. The van der Waals surface area contributed by atoms with E-state index in [4.69, 9.17) is 9.15 Å². The van der Waals surface area contributed by atoms with Gasteiger partial charge in [0.15, 0.2) is 0 Å². The fraction of sp³-hybridized carbons (Fsp3) is 0.611. The normalized spacial score (nSPS) is 31.8. The lowest BCUT2D eigenvalue weighted by molar-refractivity contribution is 0.178. The Morgan fingerprint density at radius 1 is 1.24 bits per heavy atom. The predicted octanol–water partition coefficient (Wildman–Crippen LogP) is 4.05. The van der Waals surface area contributed by atoms with Crippen LogP contribution in [0.3, 0.4) is 0 Å². The Morgan fingerprint density at radius 2 is 2.00 bits per heavy atom. The lowest BCUT2D eigenvalue weighted by Gasteiger charge is -2.40. The van der Waals surface area contributed by atoms with Gasteiger partial charge in [0.2, 0.25) is 0 Å². The van der Waals surface area contributed by atoms with E-state index in [2.05, 4.69) is 19.1 Å². The molecule has 1 aromatic heterocycles. The van der Waals surface area contributed by atoms with Gasteiger partial charge in [-0.25, -0.2) is 4.79 Å². The van der Waals surface area contributed by atoms with E-state index in [0.29, 0.717) is 35.0 Å². The van der Waals surface area contributed by atoms with Gasteiger partial charge in [-0.15, -0.1) is 0 Å². The van der Waals surface area contributed by atoms with Crippen molar-refractivity contribution in [2.45, 2.75) is 45.4 Å². The molecule has 3 nitrogen and oxygen atoms in total. The maximum absolute atomic E-state index is 12.1. The van der Waals surface area contributed by atoms with Crippen molar-refractivity contribution in [1.82, 2.24) is 0 Å². The van der Waals surface area contributed by atoms with Crippen molar-refractivity contribution < 1.29 is 9.15 Å². The molecule has 114 valence electrons. The van der Waals surface area contributed by atoms with Crippen molar-refractivity contribution in [3.05, 3.63) is 40.0 Å². The van der Waals surface area contributed by atoms with E-state index in [9.17, 15) is 4.79 Å². The van der Waals surface area contributed by atoms with Gasteiger partial charge < -0.3 is 9.15 Å². The van der Waals surface area contributed by atoms with Crippen LogP contribution in [0.2, 0.25) is 0 Å². The Labute approximate surface area is 126 Å².